The van der Waals surface area contributed by atoms with Crippen LogP contribution in [0.3, 0.4) is 0 Å². The van der Waals surface area contributed by atoms with Gasteiger partial charge in [0.25, 0.3) is 0 Å². The van der Waals surface area contributed by atoms with E-state index in [9.17, 15) is 8.78 Å². The van der Waals surface area contributed by atoms with Gasteiger partial charge in [0.15, 0.2) is 5.11 Å². The van der Waals surface area contributed by atoms with Gasteiger partial charge in [0.05, 0.1) is 29.3 Å². The molecule has 0 saturated heterocycles. The molecule has 134 valence electrons. The van der Waals surface area contributed by atoms with E-state index in [1.807, 2.05) is 48.9 Å². The molecule has 26 heavy (non-hydrogen) atoms. The van der Waals surface area contributed by atoms with Gasteiger partial charge in [-0.2, -0.15) is 5.10 Å². The van der Waals surface area contributed by atoms with Crippen LogP contribution >= 0.6 is 12.2 Å². The standard InChI is InChI=1S/C19H18F2N4S/c1-12-18(13(2)25(24-12)11-14-6-4-3-5-7-14)23-19(26)22-17-9-8-15(20)10-16(17)21/h3-10H,11H2,1-2H3,(H2,22,23,26). The molecule has 0 spiro atoms. The first-order valence-electron chi connectivity index (χ1n) is 8.05. The molecule has 4 nitrogen and oxygen atoms in total. The van der Waals surface area contributed by atoms with Crippen LogP contribution < -0.4 is 10.6 Å². The first-order chi connectivity index (χ1) is 12.4. The molecule has 1 aromatic heterocycles. The Kier molecular flexibility index (Phi) is 5.27. The van der Waals surface area contributed by atoms with Crippen molar-refractivity contribution in [1.82, 2.24) is 9.78 Å². The van der Waals surface area contributed by atoms with E-state index in [1.54, 1.807) is 0 Å². The summed E-state index contributed by atoms with van der Waals surface area (Å²) in [5, 5.41) is 10.5. The highest BCUT2D eigenvalue weighted by Crippen LogP contribution is 2.21. The van der Waals surface area contributed by atoms with E-state index in [1.165, 1.54) is 12.1 Å². The number of aryl methyl sites for hydroxylation is 1. The molecule has 0 fully saturated rings. The topological polar surface area (TPSA) is 41.9 Å². The highest BCUT2D eigenvalue weighted by Gasteiger charge is 2.14. The number of anilines is 2. The Morgan fingerprint density at radius 2 is 1.81 bits per heavy atom. The number of benzene rings is 2. The number of nitrogens with zero attached hydrogens (tertiary/aromatic N) is 2. The SMILES string of the molecule is Cc1nn(Cc2ccccc2)c(C)c1NC(=S)Nc1ccc(F)cc1F. The van der Waals surface area contributed by atoms with Crippen LogP contribution in [0, 0.1) is 25.5 Å². The van der Waals surface area contributed by atoms with Crippen LogP contribution in [0.4, 0.5) is 20.2 Å². The average Bonchev–Trinajstić information content (AvgIpc) is 2.86. The fraction of sp³-hybridized carbons (Fsp3) is 0.158. The van der Waals surface area contributed by atoms with Gasteiger partial charge in [0, 0.05) is 6.07 Å². The summed E-state index contributed by atoms with van der Waals surface area (Å²) in [6.07, 6.45) is 0. The second-order valence-electron chi connectivity index (χ2n) is 5.89. The molecule has 0 saturated carbocycles. The third kappa shape index (κ3) is 4.05. The van der Waals surface area contributed by atoms with E-state index in [0.717, 1.165) is 28.7 Å². The number of halogens is 2. The summed E-state index contributed by atoms with van der Waals surface area (Å²) >= 11 is 5.25. The highest BCUT2D eigenvalue weighted by molar-refractivity contribution is 7.80. The summed E-state index contributed by atoms with van der Waals surface area (Å²) in [5.41, 5.74) is 3.70. The number of nitrogens with one attached hydrogen (secondary N) is 2. The normalized spacial score (nSPS) is 10.6. The Bertz CT molecular complexity index is 938. The van der Waals surface area contributed by atoms with Crippen LogP contribution in [-0.2, 0) is 6.54 Å². The lowest BCUT2D eigenvalue weighted by Gasteiger charge is -2.12. The zero-order valence-corrected chi connectivity index (χ0v) is 15.2. The maximum absolute atomic E-state index is 13.7. The fourth-order valence-electron chi connectivity index (χ4n) is 2.65. The van der Waals surface area contributed by atoms with Gasteiger partial charge in [-0.1, -0.05) is 30.3 Å². The molecule has 2 aromatic carbocycles. The molecule has 0 radical (unpaired) electrons. The Balaban J connectivity index is 1.74. The van der Waals surface area contributed by atoms with Crippen molar-refractivity contribution in [3.05, 3.63) is 77.1 Å². The summed E-state index contributed by atoms with van der Waals surface area (Å²) in [6.45, 7) is 4.45. The maximum Gasteiger partial charge on any atom is 0.175 e. The van der Waals surface area contributed by atoms with Crippen LogP contribution in [0.5, 0.6) is 0 Å². The summed E-state index contributed by atoms with van der Waals surface area (Å²) in [6, 6.07) is 13.3. The number of aromatic nitrogens is 2. The van der Waals surface area contributed by atoms with Crippen molar-refractivity contribution in [3.8, 4) is 0 Å². The van der Waals surface area contributed by atoms with Gasteiger partial charge in [0.2, 0.25) is 0 Å². The fourth-order valence-corrected chi connectivity index (χ4v) is 2.86. The first kappa shape index (κ1) is 18.0. The number of hydrogen-bond donors (Lipinski definition) is 2. The summed E-state index contributed by atoms with van der Waals surface area (Å²) in [5.74, 6) is -1.34. The van der Waals surface area contributed by atoms with E-state index in [-0.39, 0.29) is 10.8 Å². The van der Waals surface area contributed by atoms with Gasteiger partial charge < -0.3 is 10.6 Å². The Hall–Kier alpha value is -2.80. The van der Waals surface area contributed by atoms with Crippen LogP contribution in [-0.4, -0.2) is 14.9 Å². The summed E-state index contributed by atoms with van der Waals surface area (Å²) < 4.78 is 28.6. The number of rotatable bonds is 4. The zero-order chi connectivity index (χ0) is 18.7. The molecule has 1 heterocycles. The van der Waals surface area contributed by atoms with Crippen LogP contribution in [0.2, 0.25) is 0 Å². The molecular weight excluding hydrogens is 354 g/mol. The van der Waals surface area contributed by atoms with E-state index in [4.69, 9.17) is 12.2 Å². The van der Waals surface area contributed by atoms with Gasteiger partial charge >= 0.3 is 0 Å². The molecule has 3 rings (SSSR count). The van der Waals surface area contributed by atoms with Crippen molar-refractivity contribution in [2.45, 2.75) is 20.4 Å². The minimum atomic E-state index is -0.706. The minimum Gasteiger partial charge on any atom is -0.330 e. The van der Waals surface area contributed by atoms with Crippen LogP contribution in [0.15, 0.2) is 48.5 Å². The average molecular weight is 372 g/mol. The van der Waals surface area contributed by atoms with Gasteiger partial charge in [-0.15, -0.1) is 0 Å². The van der Waals surface area contributed by atoms with E-state index < -0.39 is 11.6 Å². The molecule has 0 aliphatic carbocycles. The summed E-state index contributed by atoms with van der Waals surface area (Å²) in [4.78, 5) is 0. The molecule has 0 aliphatic heterocycles. The number of thiocarbonyl (C=S) groups is 1. The van der Waals surface area contributed by atoms with Crippen molar-refractivity contribution < 1.29 is 8.78 Å². The first-order valence-corrected chi connectivity index (χ1v) is 8.46. The lowest BCUT2D eigenvalue weighted by Crippen LogP contribution is -2.20. The Labute approximate surface area is 155 Å². The van der Waals surface area contributed by atoms with Crippen molar-refractivity contribution in [2.24, 2.45) is 0 Å². The molecule has 0 aliphatic rings. The second-order valence-corrected chi connectivity index (χ2v) is 6.30. The highest BCUT2D eigenvalue weighted by atomic mass is 32.1. The van der Waals surface area contributed by atoms with Gasteiger partial charge in [-0.3, -0.25) is 4.68 Å². The predicted molar refractivity (Wildman–Crippen MR) is 103 cm³/mol. The van der Waals surface area contributed by atoms with Crippen molar-refractivity contribution in [3.63, 3.8) is 0 Å². The van der Waals surface area contributed by atoms with Gasteiger partial charge in [-0.05, 0) is 43.8 Å². The van der Waals surface area contributed by atoms with Gasteiger partial charge in [0.1, 0.15) is 11.6 Å². The number of hydrogen-bond acceptors (Lipinski definition) is 2. The third-order valence-electron chi connectivity index (χ3n) is 3.97. The smallest absolute Gasteiger partial charge is 0.175 e. The molecule has 0 unspecified atom stereocenters. The van der Waals surface area contributed by atoms with Crippen molar-refractivity contribution in [2.75, 3.05) is 10.6 Å². The zero-order valence-electron chi connectivity index (χ0n) is 14.4. The molecule has 0 atom stereocenters. The van der Waals surface area contributed by atoms with E-state index in [2.05, 4.69) is 15.7 Å². The van der Waals surface area contributed by atoms with Crippen LogP contribution in [0.25, 0.3) is 0 Å². The lowest BCUT2D eigenvalue weighted by molar-refractivity contribution is 0.586. The van der Waals surface area contributed by atoms with Crippen LogP contribution in [0.1, 0.15) is 17.0 Å². The predicted octanol–water partition coefficient (Wildman–Crippen LogP) is 4.64. The summed E-state index contributed by atoms with van der Waals surface area (Å²) in [7, 11) is 0. The minimum absolute atomic E-state index is 0.107. The van der Waals surface area contributed by atoms with Crippen molar-refractivity contribution in [1.29, 1.82) is 0 Å². The maximum atomic E-state index is 13.7. The van der Waals surface area contributed by atoms with E-state index in [0.29, 0.717) is 6.54 Å². The Morgan fingerprint density at radius 1 is 1.08 bits per heavy atom. The third-order valence-corrected chi connectivity index (χ3v) is 4.18. The largest absolute Gasteiger partial charge is 0.330 e. The van der Waals surface area contributed by atoms with Gasteiger partial charge in [-0.25, -0.2) is 8.78 Å². The van der Waals surface area contributed by atoms with Crippen molar-refractivity contribution >= 4 is 28.7 Å². The lowest BCUT2D eigenvalue weighted by atomic mass is 10.2. The molecule has 0 amide bonds. The second kappa shape index (κ2) is 7.61. The molecule has 7 heteroatoms. The molecule has 0 bridgehead atoms. The molecule has 2 N–H and O–H groups in total. The Morgan fingerprint density at radius 3 is 2.50 bits per heavy atom. The quantitative estimate of drug-likeness (QED) is 0.655. The molecular formula is C19H18F2N4S. The monoisotopic (exact) mass is 372 g/mol. The van der Waals surface area contributed by atoms with E-state index >= 15 is 0 Å². The molecule has 3 aromatic rings.